The minimum absolute atomic E-state index is 0. The third-order valence-corrected chi connectivity index (χ3v) is 3.69. The van der Waals surface area contributed by atoms with E-state index in [1.54, 1.807) is 12.1 Å². The van der Waals surface area contributed by atoms with E-state index in [9.17, 15) is 18.4 Å². The number of aromatic nitrogens is 2. The molecular weight excluding hydrogens is 394 g/mol. The van der Waals surface area contributed by atoms with Crippen molar-refractivity contribution in [3.63, 3.8) is 0 Å². The first-order valence-corrected chi connectivity index (χ1v) is 8.35. The van der Waals surface area contributed by atoms with E-state index >= 15 is 0 Å². The van der Waals surface area contributed by atoms with Crippen LogP contribution in [0.5, 0.6) is 0 Å². The van der Waals surface area contributed by atoms with Gasteiger partial charge in [0.2, 0.25) is 11.8 Å². The molecule has 0 aliphatic carbocycles. The van der Waals surface area contributed by atoms with E-state index < -0.39 is 0 Å². The van der Waals surface area contributed by atoms with Gasteiger partial charge in [-0.1, -0.05) is 7.43 Å². The minimum atomic E-state index is -0.323. The number of halogens is 2. The van der Waals surface area contributed by atoms with Crippen LogP contribution in [-0.2, 0) is 0 Å². The molecule has 154 valence electrons. The summed E-state index contributed by atoms with van der Waals surface area (Å²) in [5.41, 5.74) is 1.78. The Kier molecular flexibility index (Phi) is 7.46. The van der Waals surface area contributed by atoms with Crippen LogP contribution in [-0.4, -0.2) is 22.0 Å². The molecule has 0 saturated heterocycles. The third kappa shape index (κ3) is 5.54. The van der Waals surface area contributed by atoms with Crippen LogP contribution in [0.4, 0.5) is 8.78 Å². The number of rotatable bonds is 4. The number of nitrogens with zero attached hydrogens (tertiary/aromatic N) is 2. The zero-order chi connectivity index (χ0) is 20.8. The molecule has 30 heavy (non-hydrogen) atoms. The van der Waals surface area contributed by atoms with Gasteiger partial charge in [-0.05, 0) is 48.5 Å². The van der Waals surface area contributed by atoms with Gasteiger partial charge < -0.3 is 8.83 Å². The standard InChI is InChI=1S/C11H8FNO2.C10H6FNO2.CH4/c1-7(14)10-6-15-11(13-10)8-2-4-9(12)5-3-8;11-8-3-1-7(2-4-8)10-12-9(5-13)6-14-10;/h2-6H,1H3;1-6H;1H4. The first-order valence-electron chi connectivity index (χ1n) is 8.35. The number of carbonyl (C=O) groups excluding carboxylic acids is 2. The molecule has 0 aliphatic rings. The number of carbonyl (C=O) groups is 2. The van der Waals surface area contributed by atoms with Crippen LogP contribution in [0, 0.1) is 11.6 Å². The normalized spacial score (nSPS) is 9.83. The lowest BCUT2D eigenvalue weighted by atomic mass is 10.2. The molecule has 0 fully saturated rings. The molecule has 0 aliphatic heterocycles. The number of hydrogen-bond acceptors (Lipinski definition) is 6. The molecule has 0 unspecified atom stereocenters. The predicted molar refractivity (Wildman–Crippen MR) is 106 cm³/mol. The van der Waals surface area contributed by atoms with E-state index in [4.69, 9.17) is 8.83 Å². The van der Waals surface area contributed by atoms with E-state index in [-0.39, 0.29) is 36.2 Å². The van der Waals surface area contributed by atoms with Gasteiger partial charge >= 0.3 is 0 Å². The largest absolute Gasteiger partial charge is 0.444 e. The van der Waals surface area contributed by atoms with E-state index in [0.29, 0.717) is 29.2 Å². The van der Waals surface area contributed by atoms with Crippen molar-refractivity contribution in [1.29, 1.82) is 0 Å². The summed E-state index contributed by atoms with van der Waals surface area (Å²) in [7, 11) is 0. The Bertz CT molecular complexity index is 1120. The van der Waals surface area contributed by atoms with E-state index in [1.807, 2.05) is 0 Å². The average Bonchev–Trinajstić information content (AvgIpc) is 3.40. The topological polar surface area (TPSA) is 86.2 Å². The van der Waals surface area contributed by atoms with Crippen molar-refractivity contribution in [2.75, 3.05) is 0 Å². The van der Waals surface area contributed by atoms with Crippen molar-refractivity contribution in [3.8, 4) is 22.9 Å². The summed E-state index contributed by atoms with van der Waals surface area (Å²) >= 11 is 0. The van der Waals surface area contributed by atoms with Gasteiger partial charge in [0.15, 0.2) is 12.1 Å². The van der Waals surface area contributed by atoms with Crippen molar-refractivity contribution < 1.29 is 27.2 Å². The highest BCUT2D eigenvalue weighted by atomic mass is 19.1. The molecule has 0 radical (unpaired) electrons. The maximum Gasteiger partial charge on any atom is 0.226 e. The molecule has 0 spiro atoms. The van der Waals surface area contributed by atoms with Crippen molar-refractivity contribution in [3.05, 3.63) is 84.1 Å². The van der Waals surface area contributed by atoms with Crippen LogP contribution in [0.25, 0.3) is 22.9 Å². The van der Waals surface area contributed by atoms with Gasteiger partial charge in [0.25, 0.3) is 0 Å². The molecule has 4 aromatic rings. The van der Waals surface area contributed by atoms with Gasteiger partial charge in [0, 0.05) is 18.1 Å². The van der Waals surface area contributed by atoms with Crippen LogP contribution in [0.2, 0.25) is 0 Å². The summed E-state index contributed by atoms with van der Waals surface area (Å²) in [6.45, 7) is 1.41. The monoisotopic (exact) mass is 412 g/mol. The van der Waals surface area contributed by atoms with E-state index in [0.717, 1.165) is 0 Å². The highest BCUT2D eigenvalue weighted by Gasteiger charge is 2.09. The quantitative estimate of drug-likeness (QED) is 0.320. The second-order valence-electron chi connectivity index (χ2n) is 5.80. The Labute approximate surface area is 171 Å². The maximum atomic E-state index is 12.6. The highest BCUT2D eigenvalue weighted by molar-refractivity contribution is 5.92. The van der Waals surface area contributed by atoms with Gasteiger partial charge in [-0.2, -0.15) is 0 Å². The Morgan fingerprint density at radius 1 is 0.833 bits per heavy atom. The number of oxazole rings is 2. The lowest BCUT2D eigenvalue weighted by Crippen LogP contribution is -1.91. The Balaban J connectivity index is 0.000000207. The van der Waals surface area contributed by atoms with Crippen molar-refractivity contribution in [1.82, 2.24) is 9.97 Å². The first kappa shape index (κ1) is 22.4. The number of hydrogen-bond donors (Lipinski definition) is 0. The van der Waals surface area contributed by atoms with Gasteiger partial charge in [-0.3, -0.25) is 9.59 Å². The van der Waals surface area contributed by atoms with E-state index in [1.165, 1.54) is 55.8 Å². The fourth-order valence-corrected chi connectivity index (χ4v) is 2.23. The molecule has 0 saturated carbocycles. The summed E-state index contributed by atoms with van der Waals surface area (Å²) in [5.74, 6) is -0.174. The van der Waals surface area contributed by atoms with Gasteiger partial charge in [0.05, 0.1) is 0 Å². The summed E-state index contributed by atoms with van der Waals surface area (Å²) in [6.07, 6.45) is 3.14. The number of aldehydes is 1. The second-order valence-corrected chi connectivity index (χ2v) is 5.80. The molecule has 6 nitrogen and oxygen atoms in total. The first-order chi connectivity index (χ1) is 14.0. The van der Waals surface area contributed by atoms with Gasteiger partial charge in [-0.15, -0.1) is 0 Å². The highest BCUT2D eigenvalue weighted by Crippen LogP contribution is 2.19. The van der Waals surface area contributed by atoms with Crippen molar-refractivity contribution in [2.24, 2.45) is 0 Å². The Hall–Kier alpha value is -3.94. The van der Waals surface area contributed by atoms with Crippen LogP contribution in [0.3, 0.4) is 0 Å². The summed E-state index contributed by atoms with van der Waals surface area (Å²) in [5, 5.41) is 0. The lowest BCUT2D eigenvalue weighted by molar-refractivity contribution is 0.101. The maximum absolute atomic E-state index is 12.6. The number of Topliss-reactive ketones (excluding diaryl/α,β-unsaturated/α-hetero) is 1. The Morgan fingerprint density at radius 3 is 1.70 bits per heavy atom. The SMILES string of the molecule is C.CC(=O)c1coc(-c2ccc(F)cc2)n1.O=Cc1coc(-c2ccc(F)cc2)n1. The zero-order valence-corrected chi connectivity index (χ0v) is 15.1. The molecule has 0 bridgehead atoms. The minimum Gasteiger partial charge on any atom is -0.444 e. The van der Waals surface area contributed by atoms with Gasteiger partial charge in [0.1, 0.15) is 35.5 Å². The van der Waals surface area contributed by atoms with Crippen LogP contribution in [0.1, 0.15) is 35.3 Å². The van der Waals surface area contributed by atoms with Crippen LogP contribution in [0.15, 0.2) is 69.9 Å². The molecule has 4 rings (SSSR count). The molecule has 2 heterocycles. The smallest absolute Gasteiger partial charge is 0.226 e. The van der Waals surface area contributed by atoms with Gasteiger partial charge in [-0.25, -0.2) is 18.7 Å². The van der Waals surface area contributed by atoms with Crippen LogP contribution >= 0.6 is 0 Å². The fourth-order valence-electron chi connectivity index (χ4n) is 2.23. The summed E-state index contributed by atoms with van der Waals surface area (Å²) in [6, 6.07) is 11.4. The molecule has 0 atom stereocenters. The molecule has 0 amide bonds. The average molecular weight is 412 g/mol. The Morgan fingerprint density at radius 2 is 1.30 bits per heavy atom. The molecule has 8 heteroatoms. The summed E-state index contributed by atoms with van der Waals surface area (Å²) in [4.78, 5) is 29.1. The second kappa shape index (κ2) is 10.0. The molecule has 0 N–H and O–H groups in total. The molecular formula is C22H18F2N2O4. The summed E-state index contributed by atoms with van der Waals surface area (Å²) < 4.78 is 35.3. The fraction of sp³-hybridized carbons (Fsp3) is 0.0909. The van der Waals surface area contributed by atoms with E-state index in [2.05, 4.69) is 9.97 Å². The van der Waals surface area contributed by atoms with Crippen molar-refractivity contribution >= 4 is 12.1 Å². The molecule has 2 aromatic heterocycles. The van der Waals surface area contributed by atoms with Crippen molar-refractivity contribution in [2.45, 2.75) is 14.4 Å². The zero-order valence-electron chi connectivity index (χ0n) is 15.1. The lowest BCUT2D eigenvalue weighted by Gasteiger charge is -1.93. The number of ketones is 1. The predicted octanol–water partition coefficient (Wildman–Crippen LogP) is 5.61. The third-order valence-electron chi connectivity index (χ3n) is 3.69. The molecule has 2 aromatic carbocycles. The number of benzene rings is 2. The van der Waals surface area contributed by atoms with Crippen LogP contribution < -0.4 is 0 Å².